The third kappa shape index (κ3) is 2.99. The molecule has 0 unspecified atom stereocenters. The van der Waals surface area contributed by atoms with E-state index in [1.165, 1.54) is 12.0 Å². The van der Waals surface area contributed by atoms with Crippen molar-refractivity contribution in [1.29, 1.82) is 0 Å². The molecule has 6 nitrogen and oxygen atoms in total. The topological polar surface area (TPSA) is 59.4 Å². The first kappa shape index (κ1) is 17.7. The zero-order valence-electron chi connectivity index (χ0n) is 16.1. The molecular formula is C20H30N4O2. The lowest BCUT2D eigenvalue weighted by molar-refractivity contribution is 0.00348. The molecule has 3 fully saturated rings. The first-order valence-corrected chi connectivity index (χ1v) is 9.87. The lowest BCUT2D eigenvalue weighted by Crippen LogP contribution is -2.41. The lowest BCUT2D eigenvalue weighted by Gasteiger charge is -2.29. The summed E-state index contributed by atoms with van der Waals surface area (Å²) in [6.45, 7) is 10.9. The molecule has 1 aromatic rings. The largest absolute Gasteiger partial charge is 0.370 e. The highest BCUT2D eigenvalue weighted by Gasteiger charge is 2.62. The van der Waals surface area contributed by atoms with Crippen LogP contribution in [0.1, 0.15) is 44.0 Å². The van der Waals surface area contributed by atoms with Gasteiger partial charge < -0.3 is 10.1 Å². The van der Waals surface area contributed by atoms with Crippen LogP contribution in [-0.4, -0.2) is 58.5 Å². The molecule has 3 saturated heterocycles. The van der Waals surface area contributed by atoms with Crippen LogP contribution in [0.15, 0.2) is 24.0 Å². The number of nitrogens with one attached hydrogen (secondary N) is 1. The van der Waals surface area contributed by atoms with Crippen LogP contribution in [0.2, 0.25) is 0 Å². The predicted molar refractivity (Wildman–Crippen MR) is 99.9 cm³/mol. The Kier molecular flexibility index (Phi) is 4.65. The van der Waals surface area contributed by atoms with Gasteiger partial charge in [-0.2, -0.15) is 5.10 Å². The number of hydrogen-bond donors (Lipinski definition) is 1. The summed E-state index contributed by atoms with van der Waals surface area (Å²) in [5, 5.41) is 7.33. The van der Waals surface area contributed by atoms with Crippen molar-refractivity contribution in [2.45, 2.75) is 51.9 Å². The Bertz CT molecular complexity index is 712. The van der Waals surface area contributed by atoms with Gasteiger partial charge in [0.25, 0.3) is 5.91 Å². The highest BCUT2D eigenvalue weighted by molar-refractivity contribution is 5.93. The first-order chi connectivity index (χ1) is 12.5. The van der Waals surface area contributed by atoms with Crippen LogP contribution >= 0.6 is 0 Å². The van der Waals surface area contributed by atoms with E-state index in [1.54, 1.807) is 10.9 Å². The predicted octanol–water partition coefficient (Wildman–Crippen LogP) is 2.08. The highest BCUT2D eigenvalue weighted by atomic mass is 16.5. The Morgan fingerprint density at radius 3 is 3.12 bits per heavy atom. The van der Waals surface area contributed by atoms with Crippen LogP contribution in [0, 0.1) is 11.8 Å². The minimum absolute atomic E-state index is 0.0267. The van der Waals surface area contributed by atoms with E-state index in [9.17, 15) is 4.79 Å². The number of ether oxygens (including phenoxy) is 1. The number of amides is 1. The van der Waals surface area contributed by atoms with Gasteiger partial charge in [-0.25, -0.2) is 0 Å². The molecular weight excluding hydrogens is 328 g/mol. The average Bonchev–Trinajstić information content (AvgIpc) is 3.38. The number of hydrogen-bond acceptors (Lipinski definition) is 4. The summed E-state index contributed by atoms with van der Waals surface area (Å²) in [5.74, 6) is 0.926. The van der Waals surface area contributed by atoms with Crippen LogP contribution in [0.4, 0.5) is 0 Å². The minimum atomic E-state index is -0.0267. The third-order valence-electron chi connectivity index (χ3n) is 6.54. The third-order valence-corrected chi connectivity index (χ3v) is 6.54. The van der Waals surface area contributed by atoms with Crippen molar-refractivity contribution < 1.29 is 9.53 Å². The summed E-state index contributed by atoms with van der Waals surface area (Å²) in [6.07, 6.45) is 8.25. The van der Waals surface area contributed by atoms with Gasteiger partial charge in [-0.3, -0.25) is 14.4 Å². The summed E-state index contributed by atoms with van der Waals surface area (Å²) >= 11 is 0. The number of aryl methyl sites for hydroxylation is 1. The van der Waals surface area contributed by atoms with E-state index in [4.69, 9.17) is 4.74 Å². The number of likely N-dealkylation sites (tertiary alicyclic amines) is 1. The Morgan fingerprint density at radius 1 is 1.54 bits per heavy atom. The van der Waals surface area contributed by atoms with Gasteiger partial charge in [0.1, 0.15) is 0 Å². The molecule has 4 heterocycles. The normalized spacial score (nSPS) is 33.7. The van der Waals surface area contributed by atoms with E-state index < -0.39 is 0 Å². The lowest BCUT2D eigenvalue weighted by atomic mass is 9.73. The molecule has 0 radical (unpaired) electrons. The fraction of sp³-hybridized carbons (Fsp3) is 0.700. The standard InChI is InChI=1S/C20H30N4O2/c1-4-14(3)10-23-12-17-16(18-6-7-20(17,13-23)26-18)9-21-19(25)15-8-22-24(5-2)11-15/h4,8,11,16-18H,5-7,9-10,12-13H2,1-3H3,(H,21,25)/t16-,17+,18+,20+/m0/s1. The summed E-state index contributed by atoms with van der Waals surface area (Å²) < 4.78 is 8.25. The van der Waals surface area contributed by atoms with Crippen molar-refractivity contribution in [2.24, 2.45) is 11.8 Å². The monoisotopic (exact) mass is 358 g/mol. The number of carbonyl (C=O) groups excluding carboxylic acids is 1. The van der Waals surface area contributed by atoms with Crippen molar-refractivity contribution in [3.63, 3.8) is 0 Å². The molecule has 3 aliphatic rings. The number of nitrogens with zero attached hydrogens (tertiary/aromatic N) is 3. The van der Waals surface area contributed by atoms with E-state index >= 15 is 0 Å². The minimum Gasteiger partial charge on any atom is -0.370 e. The van der Waals surface area contributed by atoms with E-state index in [1.807, 2.05) is 13.1 Å². The van der Waals surface area contributed by atoms with Gasteiger partial charge >= 0.3 is 0 Å². The van der Waals surface area contributed by atoms with Gasteiger partial charge in [-0.15, -0.1) is 0 Å². The highest BCUT2D eigenvalue weighted by Crippen LogP contribution is 2.54. The van der Waals surface area contributed by atoms with Crippen LogP contribution in [0.3, 0.4) is 0 Å². The molecule has 0 aromatic carbocycles. The fourth-order valence-electron chi connectivity index (χ4n) is 5.09. The molecule has 4 rings (SSSR count). The molecule has 6 heteroatoms. The van der Waals surface area contributed by atoms with Gasteiger partial charge in [0.2, 0.25) is 0 Å². The van der Waals surface area contributed by atoms with Gasteiger partial charge in [-0.1, -0.05) is 11.6 Å². The Morgan fingerprint density at radius 2 is 2.38 bits per heavy atom. The number of rotatable bonds is 6. The second kappa shape index (κ2) is 6.82. The van der Waals surface area contributed by atoms with Gasteiger partial charge in [0, 0.05) is 50.8 Å². The maximum absolute atomic E-state index is 12.5. The molecule has 142 valence electrons. The maximum Gasteiger partial charge on any atom is 0.254 e. The van der Waals surface area contributed by atoms with Gasteiger partial charge in [0.05, 0.1) is 23.5 Å². The zero-order valence-corrected chi connectivity index (χ0v) is 16.1. The van der Waals surface area contributed by atoms with Crippen molar-refractivity contribution in [1.82, 2.24) is 20.0 Å². The molecule has 26 heavy (non-hydrogen) atoms. The average molecular weight is 358 g/mol. The molecule has 0 aliphatic carbocycles. The molecule has 4 atom stereocenters. The molecule has 1 N–H and O–H groups in total. The van der Waals surface area contributed by atoms with Crippen molar-refractivity contribution >= 4 is 5.91 Å². The fourth-order valence-corrected chi connectivity index (χ4v) is 5.09. The van der Waals surface area contributed by atoms with Crippen LogP contribution < -0.4 is 5.32 Å². The second-order valence-corrected chi connectivity index (χ2v) is 8.13. The SMILES string of the molecule is CC=C(C)CN1C[C@@H]2[C@H](CNC(=O)c3cnn(CC)c3)[C@H]3CC[C@]2(C1)O3. The van der Waals surface area contributed by atoms with E-state index in [0.717, 1.165) is 32.6 Å². The summed E-state index contributed by atoms with van der Waals surface area (Å²) in [7, 11) is 0. The Labute approximate surface area is 155 Å². The number of aromatic nitrogens is 2. The molecule has 3 aliphatic heterocycles. The zero-order chi connectivity index (χ0) is 18.3. The number of carbonyl (C=O) groups is 1. The molecule has 0 saturated carbocycles. The Balaban J connectivity index is 1.39. The Hall–Kier alpha value is -1.66. The number of allylic oxidation sites excluding steroid dienone is 1. The molecule has 1 amide bonds. The summed E-state index contributed by atoms with van der Waals surface area (Å²) in [4.78, 5) is 15.0. The van der Waals surface area contributed by atoms with E-state index in [-0.39, 0.29) is 11.5 Å². The number of fused-ring (bicyclic) bond motifs is 1. The van der Waals surface area contributed by atoms with E-state index in [0.29, 0.717) is 30.0 Å². The van der Waals surface area contributed by atoms with Crippen LogP contribution in [-0.2, 0) is 11.3 Å². The first-order valence-electron chi connectivity index (χ1n) is 9.87. The summed E-state index contributed by atoms with van der Waals surface area (Å²) in [6, 6.07) is 0. The van der Waals surface area contributed by atoms with Crippen molar-refractivity contribution in [2.75, 3.05) is 26.2 Å². The molecule has 1 spiro atoms. The van der Waals surface area contributed by atoms with Gasteiger partial charge in [0.15, 0.2) is 0 Å². The van der Waals surface area contributed by atoms with Crippen LogP contribution in [0.5, 0.6) is 0 Å². The van der Waals surface area contributed by atoms with Gasteiger partial charge in [-0.05, 0) is 33.6 Å². The summed E-state index contributed by atoms with van der Waals surface area (Å²) in [5.41, 5.74) is 2.08. The van der Waals surface area contributed by atoms with Crippen LogP contribution in [0.25, 0.3) is 0 Å². The second-order valence-electron chi connectivity index (χ2n) is 8.13. The molecule has 2 bridgehead atoms. The smallest absolute Gasteiger partial charge is 0.254 e. The quantitative estimate of drug-likeness (QED) is 0.791. The molecule has 1 aromatic heterocycles. The van der Waals surface area contributed by atoms with Crippen molar-refractivity contribution in [3.8, 4) is 0 Å². The van der Waals surface area contributed by atoms with E-state index in [2.05, 4.69) is 35.2 Å². The van der Waals surface area contributed by atoms with Crippen molar-refractivity contribution in [3.05, 3.63) is 29.6 Å². The maximum atomic E-state index is 12.5.